The van der Waals surface area contributed by atoms with Gasteiger partial charge in [0, 0.05) is 31.9 Å². The third-order valence-corrected chi connectivity index (χ3v) is 5.36. The Morgan fingerprint density at radius 3 is 2.46 bits per heavy atom. The Kier molecular flexibility index (Phi) is 5.00. The minimum Gasteiger partial charge on any atom is -0.356 e. The Bertz CT molecular complexity index is 910. The van der Waals surface area contributed by atoms with Crippen molar-refractivity contribution in [3.63, 3.8) is 0 Å². The monoisotopic (exact) mass is 421 g/mol. The van der Waals surface area contributed by atoms with Crippen molar-refractivity contribution in [3.8, 4) is 0 Å². The highest BCUT2D eigenvalue weighted by molar-refractivity contribution is 9.10. The lowest BCUT2D eigenvalue weighted by Gasteiger charge is -2.11. The zero-order chi connectivity index (χ0) is 18.2. The lowest BCUT2D eigenvalue weighted by atomic mass is 10.2. The van der Waals surface area contributed by atoms with Gasteiger partial charge in [-0.3, -0.25) is 9.52 Å². The molecule has 0 aliphatic heterocycles. The van der Waals surface area contributed by atoms with Crippen LogP contribution in [0.2, 0.25) is 0 Å². The average molecular weight is 422 g/mol. The average Bonchev–Trinajstić information content (AvgIpc) is 2.86. The molecule has 6 nitrogen and oxygen atoms in total. The van der Waals surface area contributed by atoms with Gasteiger partial charge in [0.1, 0.15) is 22.2 Å². The van der Waals surface area contributed by atoms with Crippen molar-refractivity contribution < 1.29 is 22.0 Å². The van der Waals surface area contributed by atoms with Gasteiger partial charge in [0.15, 0.2) is 0 Å². The highest BCUT2D eigenvalue weighted by atomic mass is 79.9. The van der Waals surface area contributed by atoms with Gasteiger partial charge in [-0.15, -0.1) is 0 Å². The Morgan fingerprint density at radius 2 is 1.88 bits per heavy atom. The molecule has 2 rings (SSSR count). The largest absolute Gasteiger partial charge is 0.356 e. The minimum atomic E-state index is -4.21. The summed E-state index contributed by atoms with van der Waals surface area (Å²) >= 11 is 2.81. The molecule has 130 valence electrons. The maximum Gasteiger partial charge on any atom is 0.270 e. The Morgan fingerprint density at radius 1 is 1.25 bits per heavy atom. The van der Waals surface area contributed by atoms with Crippen LogP contribution in [0.4, 0.5) is 14.5 Å². The van der Waals surface area contributed by atoms with Crippen LogP contribution < -0.4 is 4.72 Å². The molecule has 2 aromatic rings. The van der Waals surface area contributed by atoms with Crippen molar-refractivity contribution in [2.75, 3.05) is 18.8 Å². The number of carbonyl (C=O) groups excluding carboxylic acids is 1. The van der Waals surface area contributed by atoms with E-state index in [9.17, 15) is 22.0 Å². The van der Waals surface area contributed by atoms with Gasteiger partial charge in [0.2, 0.25) is 0 Å². The van der Waals surface area contributed by atoms with Crippen LogP contribution in [0.1, 0.15) is 16.1 Å². The van der Waals surface area contributed by atoms with E-state index in [0.29, 0.717) is 0 Å². The molecule has 0 fully saturated rings. The number of anilines is 1. The predicted octanol–water partition coefficient (Wildman–Crippen LogP) is 2.87. The number of carbonyl (C=O) groups is 1. The first-order valence-corrected chi connectivity index (χ1v) is 8.89. The van der Waals surface area contributed by atoms with Gasteiger partial charge in [0.05, 0.1) is 10.2 Å². The van der Waals surface area contributed by atoms with Crippen LogP contribution >= 0.6 is 15.9 Å². The molecular formula is C14H14BrF2N3O3S. The van der Waals surface area contributed by atoms with E-state index in [4.69, 9.17) is 0 Å². The zero-order valence-corrected chi connectivity index (χ0v) is 15.3. The van der Waals surface area contributed by atoms with Gasteiger partial charge in [0.25, 0.3) is 15.9 Å². The summed E-state index contributed by atoms with van der Waals surface area (Å²) in [6, 6.07) is 1.54. The lowest BCUT2D eigenvalue weighted by molar-refractivity contribution is 0.0822. The van der Waals surface area contributed by atoms with E-state index < -0.39 is 33.3 Å². The number of hydrogen-bond acceptors (Lipinski definition) is 3. The number of aromatic nitrogens is 1. The summed E-state index contributed by atoms with van der Waals surface area (Å²) in [5.74, 6) is -2.16. The Balaban J connectivity index is 2.42. The first-order valence-electron chi connectivity index (χ1n) is 6.61. The zero-order valence-electron chi connectivity index (χ0n) is 12.9. The number of hydrogen-bond donors (Lipinski definition) is 2. The Labute approximate surface area is 146 Å². The van der Waals surface area contributed by atoms with Crippen LogP contribution in [0.5, 0.6) is 0 Å². The van der Waals surface area contributed by atoms with Gasteiger partial charge in [-0.05, 0) is 28.9 Å². The van der Waals surface area contributed by atoms with Gasteiger partial charge in [-0.1, -0.05) is 0 Å². The maximum absolute atomic E-state index is 13.8. The summed E-state index contributed by atoms with van der Waals surface area (Å²) in [7, 11) is -1.16. The fourth-order valence-electron chi connectivity index (χ4n) is 2.00. The molecule has 0 radical (unpaired) electrons. The van der Waals surface area contributed by atoms with Gasteiger partial charge in [-0.2, -0.15) is 0 Å². The molecule has 0 saturated heterocycles. The third-order valence-electron chi connectivity index (χ3n) is 3.26. The first kappa shape index (κ1) is 18.4. The number of aromatic amines is 1. The molecule has 1 aromatic heterocycles. The summed E-state index contributed by atoms with van der Waals surface area (Å²) in [6.45, 7) is 1.44. The van der Waals surface area contributed by atoms with E-state index in [0.717, 1.165) is 18.3 Å². The number of sulfonamides is 1. The molecule has 1 heterocycles. The first-order chi connectivity index (χ1) is 11.0. The van der Waals surface area contributed by atoms with Crippen LogP contribution in [0.3, 0.4) is 0 Å². The van der Waals surface area contributed by atoms with Crippen molar-refractivity contribution in [2.24, 2.45) is 0 Å². The summed E-state index contributed by atoms with van der Waals surface area (Å²) in [4.78, 5) is 15.6. The van der Waals surface area contributed by atoms with Crippen molar-refractivity contribution >= 4 is 37.5 Å². The number of benzene rings is 1. The smallest absolute Gasteiger partial charge is 0.270 e. The van der Waals surface area contributed by atoms with Gasteiger partial charge < -0.3 is 9.88 Å². The minimum absolute atomic E-state index is 0.0998. The van der Waals surface area contributed by atoms with E-state index in [2.05, 4.69) is 20.9 Å². The number of amides is 1. The van der Waals surface area contributed by atoms with E-state index in [-0.39, 0.29) is 20.6 Å². The maximum atomic E-state index is 13.8. The number of nitrogens with one attached hydrogen (secondary N) is 2. The normalized spacial score (nSPS) is 11.4. The summed E-state index contributed by atoms with van der Waals surface area (Å²) in [6.07, 6.45) is 1.13. The van der Waals surface area contributed by atoms with Crippen molar-refractivity contribution in [3.05, 3.63) is 45.7 Å². The van der Waals surface area contributed by atoms with Crippen molar-refractivity contribution in [1.29, 1.82) is 0 Å². The van der Waals surface area contributed by atoms with E-state index in [1.807, 2.05) is 4.72 Å². The second kappa shape index (κ2) is 6.52. The lowest BCUT2D eigenvalue weighted by Crippen LogP contribution is -2.23. The molecule has 1 aromatic carbocycles. The number of halogens is 3. The molecule has 0 atom stereocenters. The molecular weight excluding hydrogens is 408 g/mol. The molecule has 0 unspecified atom stereocenters. The quantitative estimate of drug-likeness (QED) is 0.744. The fourth-order valence-corrected chi connectivity index (χ4v) is 3.59. The SMILES string of the molecule is Cc1c(S(=O)(=O)Nc2cc(F)c(Br)cc2F)c[nH]c1C(=O)N(C)C. The number of nitrogens with zero attached hydrogens (tertiary/aromatic N) is 1. The molecule has 24 heavy (non-hydrogen) atoms. The van der Waals surface area contributed by atoms with Crippen LogP contribution in [0, 0.1) is 18.6 Å². The molecule has 0 bridgehead atoms. The molecule has 1 amide bonds. The van der Waals surface area contributed by atoms with Crippen LogP contribution in [-0.4, -0.2) is 38.3 Å². The summed E-state index contributed by atoms with van der Waals surface area (Å²) < 4.78 is 54.0. The number of rotatable bonds is 4. The van der Waals surface area contributed by atoms with Crippen molar-refractivity contribution in [2.45, 2.75) is 11.8 Å². The van der Waals surface area contributed by atoms with E-state index >= 15 is 0 Å². The van der Waals surface area contributed by atoms with Gasteiger partial charge in [-0.25, -0.2) is 17.2 Å². The molecule has 0 aliphatic carbocycles. The topological polar surface area (TPSA) is 82.3 Å². The number of H-pyrrole nitrogens is 1. The van der Waals surface area contributed by atoms with E-state index in [1.54, 1.807) is 0 Å². The molecule has 2 N–H and O–H groups in total. The van der Waals surface area contributed by atoms with Crippen LogP contribution in [0.25, 0.3) is 0 Å². The Hall–Kier alpha value is -1.94. The molecule has 10 heteroatoms. The standard InChI is InChI=1S/C14H14BrF2N3O3S/c1-7-12(6-18-13(7)14(21)20(2)3)24(22,23)19-11-5-9(16)8(15)4-10(11)17/h4-6,18-19H,1-3H3. The second-order valence-corrected chi connectivity index (χ2v) is 7.71. The predicted molar refractivity (Wildman–Crippen MR) is 88.4 cm³/mol. The second-order valence-electron chi connectivity index (χ2n) is 5.20. The summed E-state index contributed by atoms with van der Waals surface area (Å²) in [5, 5.41) is 0. The molecule has 0 spiro atoms. The van der Waals surface area contributed by atoms with E-state index in [1.165, 1.54) is 25.9 Å². The third kappa shape index (κ3) is 3.44. The van der Waals surface area contributed by atoms with Gasteiger partial charge >= 0.3 is 0 Å². The summed E-state index contributed by atoms with van der Waals surface area (Å²) in [5.41, 5.74) is -0.251. The van der Waals surface area contributed by atoms with Crippen LogP contribution in [0.15, 0.2) is 27.7 Å². The van der Waals surface area contributed by atoms with Crippen LogP contribution in [-0.2, 0) is 10.0 Å². The fraction of sp³-hybridized carbons (Fsp3) is 0.214. The molecule has 0 saturated carbocycles. The highest BCUT2D eigenvalue weighted by Gasteiger charge is 2.25. The van der Waals surface area contributed by atoms with Crippen molar-refractivity contribution in [1.82, 2.24) is 9.88 Å². The molecule has 0 aliphatic rings. The highest BCUT2D eigenvalue weighted by Crippen LogP contribution is 2.27.